The third-order valence-electron chi connectivity index (χ3n) is 3.37. The van der Waals surface area contributed by atoms with Crippen LogP contribution < -0.4 is 5.32 Å². The summed E-state index contributed by atoms with van der Waals surface area (Å²) in [6, 6.07) is 0.794. The van der Waals surface area contributed by atoms with Gasteiger partial charge in [0, 0.05) is 18.3 Å². The lowest BCUT2D eigenvalue weighted by Crippen LogP contribution is -2.37. The number of hydrogen-bond donors (Lipinski definition) is 1. The summed E-state index contributed by atoms with van der Waals surface area (Å²) in [5.41, 5.74) is 0. The first-order valence-electron chi connectivity index (χ1n) is 6.10. The van der Waals surface area contributed by atoms with Crippen LogP contribution in [-0.4, -0.2) is 24.6 Å². The second-order valence-corrected chi connectivity index (χ2v) is 5.35. The number of hydrogen-bond acceptors (Lipinski definition) is 2. The molecule has 84 valence electrons. The fourth-order valence-electron chi connectivity index (χ4n) is 2.53. The third-order valence-corrected chi connectivity index (χ3v) is 3.98. The zero-order chi connectivity index (χ0) is 10.2. The molecular weight excluding hydrogens is 190 g/mol. The van der Waals surface area contributed by atoms with Crippen LogP contribution in [0.2, 0.25) is 0 Å². The van der Waals surface area contributed by atoms with E-state index in [0.717, 1.165) is 12.0 Å². The van der Waals surface area contributed by atoms with E-state index in [0.29, 0.717) is 0 Å². The monoisotopic (exact) mass is 215 g/mol. The van der Waals surface area contributed by atoms with Crippen LogP contribution in [0.1, 0.15) is 45.4 Å². The summed E-state index contributed by atoms with van der Waals surface area (Å²) in [5.74, 6) is 2.22. The van der Waals surface area contributed by atoms with Crippen LogP contribution in [0, 0.1) is 5.92 Å². The second-order valence-electron chi connectivity index (χ2n) is 4.36. The van der Waals surface area contributed by atoms with E-state index in [1.807, 2.05) is 11.8 Å². The van der Waals surface area contributed by atoms with Crippen LogP contribution in [0.4, 0.5) is 0 Å². The van der Waals surface area contributed by atoms with Crippen LogP contribution >= 0.6 is 11.8 Å². The maximum atomic E-state index is 3.72. The molecule has 1 nitrogen and oxygen atoms in total. The third kappa shape index (κ3) is 4.22. The Bertz CT molecular complexity index is 132. The molecule has 0 aliphatic heterocycles. The van der Waals surface area contributed by atoms with Gasteiger partial charge in [-0.1, -0.05) is 26.2 Å². The SMILES string of the molecule is CCC(NCCSC)C1CCCCC1. The predicted octanol–water partition coefficient (Wildman–Crippen LogP) is 3.30. The molecule has 14 heavy (non-hydrogen) atoms. The minimum Gasteiger partial charge on any atom is -0.313 e. The maximum Gasteiger partial charge on any atom is 0.00930 e. The highest BCUT2D eigenvalue weighted by molar-refractivity contribution is 7.98. The van der Waals surface area contributed by atoms with Crippen molar-refractivity contribution in [3.05, 3.63) is 0 Å². The molecule has 0 saturated heterocycles. The van der Waals surface area contributed by atoms with Gasteiger partial charge in [0.15, 0.2) is 0 Å². The smallest absolute Gasteiger partial charge is 0.00930 e. The minimum absolute atomic E-state index is 0.794. The predicted molar refractivity (Wildman–Crippen MR) is 67.0 cm³/mol. The molecule has 2 heteroatoms. The highest BCUT2D eigenvalue weighted by atomic mass is 32.2. The molecule has 1 N–H and O–H groups in total. The van der Waals surface area contributed by atoms with Crippen molar-refractivity contribution < 1.29 is 0 Å². The molecule has 0 amide bonds. The molecule has 1 aliphatic rings. The van der Waals surface area contributed by atoms with Gasteiger partial charge >= 0.3 is 0 Å². The molecule has 0 aromatic rings. The molecule has 0 radical (unpaired) electrons. The van der Waals surface area contributed by atoms with Crippen molar-refractivity contribution >= 4 is 11.8 Å². The Morgan fingerprint density at radius 2 is 2.00 bits per heavy atom. The van der Waals surface area contributed by atoms with Crippen molar-refractivity contribution in [3.8, 4) is 0 Å². The zero-order valence-corrected chi connectivity index (χ0v) is 10.5. The van der Waals surface area contributed by atoms with Crippen LogP contribution in [0.5, 0.6) is 0 Å². The molecule has 0 aromatic heterocycles. The molecule has 1 fully saturated rings. The van der Waals surface area contributed by atoms with Crippen molar-refractivity contribution in [2.75, 3.05) is 18.6 Å². The Kier molecular flexibility index (Phi) is 6.70. The van der Waals surface area contributed by atoms with E-state index in [2.05, 4.69) is 18.5 Å². The Morgan fingerprint density at radius 3 is 2.57 bits per heavy atom. The standard InChI is InChI=1S/C12H25NS/c1-3-12(13-9-10-14-2)11-7-5-4-6-8-11/h11-13H,3-10H2,1-2H3. The Morgan fingerprint density at radius 1 is 1.29 bits per heavy atom. The fourth-order valence-corrected chi connectivity index (χ4v) is 2.85. The Labute approximate surface area is 93.4 Å². The summed E-state index contributed by atoms with van der Waals surface area (Å²) in [6.45, 7) is 3.52. The Balaban J connectivity index is 2.21. The molecule has 1 rings (SSSR count). The molecule has 0 spiro atoms. The van der Waals surface area contributed by atoms with Crippen molar-refractivity contribution in [2.45, 2.75) is 51.5 Å². The Hall–Kier alpha value is 0.310. The molecule has 1 aliphatic carbocycles. The summed E-state index contributed by atoms with van der Waals surface area (Å²) in [7, 11) is 0. The van der Waals surface area contributed by atoms with E-state index < -0.39 is 0 Å². The van der Waals surface area contributed by atoms with E-state index in [4.69, 9.17) is 0 Å². The molecule has 0 bridgehead atoms. The van der Waals surface area contributed by atoms with Crippen molar-refractivity contribution in [2.24, 2.45) is 5.92 Å². The van der Waals surface area contributed by atoms with E-state index in [-0.39, 0.29) is 0 Å². The van der Waals surface area contributed by atoms with Crippen LogP contribution in [-0.2, 0) is 0 Å². The van der Waals surface area contributed by atoms with Gasteiger partial charge in [0.1, 0.15) is 0 Å². The minimum atomic E-state index is 0.794. The summed E-state index contributed by atoms with van der Waals surface area (Å²) in [6.07, 6.45) is 10.8. The van der Waals surface area contributed by atoms with Gasteiger partial charge in [0.25, 0.3) is 0 Å². The molecular formula is C12H25NS. The lowest BCUT2D eigenvalue weighted by Gasteiger charge is -2.30. The average Bonchev–Trinajstić information content (AvgIpc) is 2.26. The average molecular weight is 215 g/mol. The van der Waals surface area contributed by atoms with E-state index in [9.17, 15) is 0 Å². The first-order valence-corrected chi connectivity index (χ1v) is 7.50. The second kappa shape index (κ2) is 7.58. The van der Waals surface area contributed by atoms with Crippen molar-refractivity contribution in [1.82, 2.24) is 5.32 Å². The fraction of sp³-hybridized carbons (Fsp3) is 1.00. The zero-order valence-electron chi connectivity index (χ0n) is 9.72. The summed E-state index contributed by atoms with van der Waals surface area (Å²) in [4.78, 5) is 0. The quantitative estimate of drug-likeness (QED) is 0.682. The van der Waals surface area contributed by atoms with E-state index >= 15 is 0 Å². The normalized spacial score (nSPS) is 21.0. The van der Waals surface area contributed by atoms with E-state index in [1.165, 1.54) is 50.8 Å². The van der Waals surface area contributed by atoms with Gasteiger partial charge in [0.2, 0.25) is 0 Å². The van der Waals surface area contributed by atoms with Gasteiger partial charge in [0.05, 0.1) is 0 Å². The number of rotatable bonds is 6. The molecule has 1 saturated carbocycles. The van der Waals surface area contributed by atoms with Crippen molar-refractivity contribution in [3.63, 3.8) is 0 Å². The molecule has 1 atom stereocenters. The lowest BCUT2D eigenvalue weighted by molar-refractivity contribution is 0.266. The topological polar surface area (TPSA) is 12.0 Å². The van der Waals surface area contributed by atoms with Crippen LogP contribution in [0.25, 0.3) is 0 Å². The largest absolute Gasteiger partial charge is 0.313 e. The number of thioether (sulfide) groups is 1. The van der Waals surface area contributed by atoms with Crippen molar-refractivity contribution in [1.29, 1.82) is 0 Å². The molecule has 0 aromatic carbocycles. The highest BCUT2D eigenvalue weighted by Crippen LogP contribution is 2.27. The molecule has 1 unspecified atom stereocenters. The first-order chi connectivity index (χ1) is 6.88. The van der Waals surface area contributed by atoms with Gasteiger partial charge in [-0.3, -0.25) is 0 Å². The van der Waals surface area contributed by atoms with Crippen LogP contribution in [0.15, 0.2) is 0 Å². The first kappa shape index (κ1) is 12.4. The van der Waals surface area contributed by atoms with Gasteiger partial charge in [-0.2, -0.15) is 11.8 Å². The summed E-state index contributed by atoms with van der Waals surface area (Å²) >= 11 is 1.94. The van der Waals surface area contributed by atoms with Gasteiger partial charge in [-0.15, -0.1) is 0 Å². The molecule has 0 heterocycles. The van der Waals surface area contributed by atoms with Crippen LogP contribution in [0.3, 0.4) is 0 Å². The van der Waals surface area contributed by atoms with E-state index in [1.54, 1.807) is 0 Å². The summed E-state index contributed by atoms with van der Waals surface area (Å²) < 4.78 is 0. The van der Waals surface area contributed by atoms with Gasteiger partial charge in [-0.05, 0) is 31.4 Å². The number of nitrogens with one attached hydrogen (secondary N) is 1. The van der Waals surface area contributed by atoms with Gasteiger partial charge in [-0.25, -0.2) is 0 Å². The highest BCUT2D eigenvalue weighted by Gasteiger charge is 2.21. The van der Waals surface area contributed by atoms with Gasteiger partial charge < -0.3 is 5.32 Å². The lowest BCUT2D eigenvalue weighted by atomic mass is 9.83. The maximum absolute atomic E-state index is 3.72. The summed E-state index contributed by atoms with van der Waals surface area (Å²) in [5, 5.41) is 3.72.